The van der Waals surface area contributed by atoms with Crippen LogP contribution in [0.1, 0.15) is 44.2 Å². The Bertz CT molecular complexity index is 518. The molecule has 1 aliphatic carbocycles. The molecule has 2 rings (SSSR count). The van der Waals surface area contributed by atoms with E-state index in [-0.39, 0.29) is 11.7 Å². The first-order chi connectivity index (χ1) is 10.1. The first kappa shape index (κ1) is 15.8. The number of hydrogen-bond acceptors (Lipinski definition) is 3. The second-order valence-corrected chi connectivity index (χ2v) is 5.88. The molecule has 0 spiro atoms. The molecule has 3 atom stereocenters. The molecule has 0 amide bonds. The van der Waals surface area contributed by atoms with Crippen molar-refractivity contribution in [2.24, 2.45) is 22.7 Å². The second kappa shape index (κ2) is 6.89. The molecular formula is C16H24FN3O. The van der Waals surface area contributed by atoms with Crippen LogP contribution in [0.5, 0.6) is 0 Å². The fourth-order valence-electron chi connectivity index (χ4n) is 3.26. The fourth-order valence-corrected chi connectivity index (χ4v) is 3.26. The van der Waals surface area contributed by atoms with Gasteiger partial charge in [0.25, 0.3) is 0 Å². The van der Waals surface area contributed by atoms with Crippen molar-refractivity contribution in [1.82, 2.24) is 5.32 Å². The summed E-state index contributed by atoms with van der Waals surface area (Å²) in [6, 6.07) is 5.12. The molecule has 1 aliphatic rings. The van der Waals surface area contributed by atoms with Crippen molar-refractivity contribution in [3.63, 3.8) is 0 Å². The monoisotopic (exact) mass is 293 g/mol. The van der Waals surface area contributed by atoms with Crippen molar-refractivity contribution in [3.8, 4) is 0 Å². The van der Waals surface area contributed by atoms with Crippen molar-refractivity contribution in [2.75, 3.05) is 0 Å². The zero-order valence-electron chi connectivity index (χ0n) is 12.6. The molecule has 3 unspecified atom stereocenters. The van der Waals surface area contributed by atoms with Gasteiger partial charge in [0.05, 0.1) is 0 Å². The van der Waals surface area contributed by atoms with Crippen LogP contribution < -0.4 is 11.1 Å². The first-order valence-corrected chi connectivity index (χ1v) is 7.56. The lowest BCUT2D eigenvalue weighted by atomic mass is 9.93. The predicted octanol–water partition coefficient (Wildman–Crippen LogP) is 2.83. The Morgan fingerprint density at radius 3 is 2.81 bits per heavy atom. The third-order valence-corrected chi connectivity index (χ3v) is 4.76. The molecule has 1 saturated carbocycles. The van der Waals surface area contributed by atoms with Crippen LogP contribution in [0.25, 0.3) is 0 Å². The summed E-state index contributed by atoms with van der Waals surface area (Å²) in [5, 5.41) is 14.9. The standard InChI is InChI=1S/C16H24FN3O/c1-3-11-6-7-15(10(11)2)19-9-13-5-4-12(8-14(13)17)16(18)20-21/h4-5,8,10-11,15,19,21H,3,6-7,9H2,1-2H3,(H2,18,20). The summed E-state index contributed by atoms with van der Waals surface area (Å²) in [5.41, 5.74) is 6.45. The highest BCUT2D eigenvalue weighted by molar-refractivity contribution is 5.97. The van der Waals surface area contributed by atoms with Gasteiger partial charge in [-0.25, -0.2) is 4.39 Å². The molecule has 116 valence electrons. The number of oxime groups is 1. The Balaban J connectivity index is 1.98. The van der Waals surface area contributed by atoms with E-state index in [9.17, 15) is 4.39 Å². The van der Waals surface area contributed by atoms with Gasteiger partial charge in [0.2, 0.25) is 0 Å². The van der Waals surface area contributed by atoms with E-state index in [1.807, 2.05) is 0 Å². The zero-order chi connectivity index (χ0) is 15.4. The van der Waals surface area contributed by atoms with Crippen molar-refractivity contribution in [1.29, 1.82) is 0 Å². The van der Waals surface area contributed by atoms with Gasteiger partial charge in [0.1, 0.15) is 5.82 Å². The minimum absolute atomic E-state index is 0.0800. The fraction of sp³-hybridized carbons (Fsp3) is 0.562. The van der Waals surface area contributed by atoms with Gasteiger partial charge in [-0.3, -0.25) is 0 Å². The molecule has 0 saturated heterocycles. The Morgan fingerprint density at radius 1 is 1.48 bits per heavy atom. The van der Waals surface area contributed by atoms with Crippen molar-refractivity contribution in [2.45, 2.75) is 45.7 Å². The number of benzene rings is 1. The summed E-state index contributed by atoms with van der Waals surface area (Å²) in [6.07, 6.45) is 3.62. The quantitative estimate of drug-likeness (QED) is 0.338. The van der Waals surface area contributed by atoms with E-state index in [4.69, 9.17) is 10.9 Å². The Hall–Kier alpha value is -1.62. The highest BCUT2D eigenvalue weighted by Gasteiger charge is 2.31. The van der Waals surface area contributed by atoms with Gasteiger partial charge in [-0.15, -0.1) is 0 Å². The summed E-state index contributed by atoms with van der Waals surface area (Å²) < 4.78 is 14.0. The van der Waals surface area contributed by atoms with Crippen LogP contribution in [0.3, 0.4) is 0 Å². The van der Waals surface area contributed by atoms with Crippen molar-refractivity contribution >= 4 is 5.84 Å². The van der Waals surface area contributed by atoms with E-state index in [0.717, 1.165) is 12.3 Å². The largest absolute Gasteiger partial charge is 0.409 e. The highest BCUT2D eigenvalue weighted by atomic mass is 19.1. The average Bonchev–Trinajstić information content (AvgIpc) is 2.85. The van der Waals surface area contributed by atoms with Crippen molar-refractivity contribution < 1.29 is 9.60 Å². The number of rotatable bonds is 5. The summed E-state index contributed by atoms with van der Waals surface area (Å²) >= 11 is 0. The van der Waals surface area contributed by atoms with Crippen LogP contribution in [0.4, 0.5) is 4.39 Å². The minimum Gasteiger partial charge on any atom is -0.409 e. The lowest BCUT2D eigenvalue weighted by Gasteiger charge is -2.21. The number of amidine groups is 1. The van der Waals surface area contributed by atoms with E-state index in [2.05, 4.69) is 24.3 Å². The summed E-state index contributed by atoms with van der Waals surface area (Å²) in [7, 11) is 0. The number of nitrogens with zero attached hydrogens (tertiary/aromatic N) is 1. The normalized spacial score (nSPS) is 26.2. The Morgan fingerprint density at radius 2 is 2.24 bits per heavy atom. The van der Waals surface area contributed by atoms with E-state index in [0.29, 0.717) is 29.6 Å². The summed E-state index contributed by atoms with van der Waals surface area (Å²) in [5.74, 6) is 0.998. The van der Waals surface area contributed by atoms with Crippen molar-refractivity contribution in [3.05, 3.63) is 35.1 Å². The number of nitrogens with one attached hydrogen (secondary N) is 1. The molecule has 21 heavy (non-hydrogen) atoms. The van der Waals surface area contributed by atoms with Gasteiger partial charge in [-0.05, 0) is 30.7 Å². The molecule has 4 nitrogen and oxygen atoms in total. The SMILES string of the molecule is CCC1CCC(NCc2ccc(C(N)=NO)cc2F)C1C. The second-order valence-electron chi connectivity index (χ2n) is 5.88. The molecular weight excluding hydrogens is 269 g/mol. The van der Waals surface area contributed by atoms with Crippen LogP contribution >= 0.6 is 0 Å². The van der Waals surface area contributed by atoms with Crippen LogP contribution in [-0.4, -0.2) is 17.1 Å². The maximum absolute atomic E-state index is 14.0. The lowest BCUT2D eigenvalue weighted by Crippen LogP contribution is -2.32. The third-order valence-electron chi connectivity index (χ3n) is 4.76. The summed E-state index contributed by atoms with van der Waals surface area (Å²) in [6.45, 7) is 5.01. The molecule has 0 aliphatic heterocycles. The molecule has 1 aromatic rings. The Labute approximate surface area is 125 Å². The van der Waals surface area contributed by atoms with Gasteiger partial charge in [0.15, 0.2) is 5.84 Å². The maximum Gasteiger partial charge on any atom is 0.170 e. The van der Waals surface area contributed by atoms with Gasteiger partial charge in [0, 0.05) is 23.7 Å². The molecule has 0 heterocycles. The van der Waals surface area contributed by atoms with Crippen LogP contribution in [0.15, 0.2) is 23.4 Å². The number of hydrogen-bond donors (Lipinski definition) is 3. The van der Waals surface area contributed by atoms with E-state index >= 15 is 0 Å². The predicted molar refractivity (Wildman–Crippen MR) is 81.7 cm³/mol. The lowest BCUT2D eigenvalue weighted by molar-refractivity contribution is 0.318. The van der Waals surface area contributed by atoms with Gasteiger partial charge in [-0.1, -0.05) is 37.6 Å². The van der Waals surface area contributed by atoms with Gasteiger partial charge >= 0.3 is 0 Å². The average molecular weight is 293 g/mol. The molecule has 0 bridgehead atoms. The van der Waals surface area contributed by atoms with E-state index < -0.39 is 0 Å². The van der Waals surface area contributed by atoms with Crippen LogP contribution in [0, 0.1) is 17.7 Å². The molecule has 0 aromatic heterocycles. The Kier molecular flexibility index (Phi) is 5.17. The van der Waals surface area contributed by atoms with Gasteiger partial charge in [-0.2, -0.15) is 0 Å². The molecule has 1 fully saturated rings. The zero-order valence-corrected chi connectivity index (χ0v) is 12.6. The summed E-state index contributed by atoms with van der Waals surface area (Å²) in [4.78, 5) is 0. The topological polar surface area (TPSA) is 70.6 Å². The third kappa shape index (κ3) is 3.53. The highest BCUT2D eigenvalue weighted by Crippen LogP contribution is 2.34. The molecule has 5 heteroatoms. The van der Waals surface area contributed by atoms with E-state index in [1.54, 1.807) is 12.1 Å². The smallest absolute Gasteiger partial charge is 0.170 e. The van der Waals surface area contributed by atoms with Crippen LogP contribution in [0.2, 0.25) is 0 Å². The maximum atomic E-state index is 14.0. The van der Waals surface area contributed by atoms with Crippen LogP contribution in [-0.2, 0) is 6.54 Å². The number of nitrogens with two attached hydrogens (primary N) is 1. The van der Waals surface area contributed by atoms with E-state index in [1.165, 1.54) is 18.9 Å². The molecule has 1 aromatic carbocycles. The van der Waals surface area contributed by atoms with Gasteiger partial charge < -0.3 is 16.3 Å². The minimum atomic E-state index is -0.329. The molecule has 4 N–H and O–H groups in total. The first-order valence-electron chi connectivity index (χ1n) is 7.56. The molecule has 0 radical (unpaired) electrons. The number of halogens is 1.